The van der Waals surface area contributed by atoms with E-state index < -0.39 is 5.54 Å². The predicted molar refractivity (Wildman–Crippen MR) is 113 cm³/mol. The van der Waals surface area contributed by atoms with Gasteiger partial charge >= 0.3 is 6.03 Å². The molecule has 30 heavy (non-hydrogen) atoms. The van der Waals surface area contributed by atoms with Crippen LogP contribution in [0.1, 0.15) is 37.7 Å². The molecule has 0 radical (unpaired) electrons. The Bertz CT molecular complexity index is 908. The van der Waals surface area contributed by atoms with Gasteiger partial charge in [-0.15, -0.1) is 0 Å². The zero-order valence-electron chi connectivity index (χ0n) is 17.1. The molecule has 3 fully saturated rings. The number of carbonyl (C=O) groups is 2. The third-order valence-corrected chi connectivity index (χ3v) is 6.93. The van der Waals surface area contributed by atoms with Gasteiger partial charge in [-0.1, -0.05) is 36.8 Å². The molecule has 1 saturated carbocycles. The largest absolute Gasteiger partial charge is 0.355 e. The molecule has 1 aromatic heterocycles. The quantitative estimate of drug-likeness (QED) is 0.715. The highest BCUT2D eigenvalue weighted by Crippen LogP contribution is 2.40. The summed E-state index contributed by atoms with van der Waals surface area (Å²) in [5.41, 5.74) is 0.301. The average Bonchev–Trinajstić information content (AvgIpc) is 2.94. The molecule has 0 N–H and O–H groups in total. The van der Waals surface area contributed by atoms with Gasteiger partial charge in [0.15, 0.2) is 0 Å². The van der Waals surface area contributed by atoms with Crippen molar-refractivity contribution < 1.29 is 9.59 Å². The number of benzene rings is 1. The Hall–Kier alpha value is -2.96. The second-order valence-electron chi connectivity index (χ2n) is 8.65. The maximum Gasteiger partial charge on any atom is 0.327 e. The molecule has 3 amide bonds. The molecule has 2 saturated heterocycles. The Kier molecular flexibility index (Phi) is 4.89. The van der Waals surface area contributed by atoms with Crippen LogP contribution in [0.5, 0.6) is 0 Å². The Labute approximate surface area is 176 Å². The van der Waals surface area contributed by atoms with Gasteiger partial charge in [-0.2, -0.15) is 0 Å². The molecule has 7 nitrogen and oxygen atoms in total. The molecule has 3 heterocycles. The summed E-state index contributed by atoms with van der Waals surface area (Å²) in [5.74, 6) is 1.28. The zero-order valence-corrected chi connectivity index (χ0v) is 17.1. The number of piperidine rings is 1. The lowest BCUT2D eigenvalue weighted by Gasteiger charge is -2.42. The monoisotopic (exact) mass is 405 g/mol. The number of nitrogens with zero attached hydrogens (tertiary/aromatic N) is 5. The maximum absolute atomic E-state index is 13.6. The van der Waals surface area contributed by atoms with Crippen LogP contribution < -0.4 is 4.90 Å². The summed E-state index contributed by atoms with van der Waals surface area (Å²) in [6.07, 6.45) is 9.76. The van der Waals surface area contributed by atoms with Gasteiger partial charge < -0.3 is 9.80 Å². The van der Waals surface area contributed by atoms with Crippen LogP contribution in [0.25, 0.3) is 0 Å². The number of urea groups is 1. The average molecular weight is 406 g/mol. The van der Waals surface area contributed by atoms with Gasteiger partial charge in [0.05, 0.1) is 6.20 Å². The van der Waals surface area contributed by atoms with Gasteiger partial charge in [0.25, 0.3) is 5.91 Å². The predicted octanol–water partition coefficient (Wildman–Crippen LogP) is 3.08. The SMILES string of the molecule is O=C1N(CC2CCC2)C(=O)C2(CCN(c3cnccn3)CC2)N1Cc1ccccc1. The number of hydrogen-bond acceptors (Lipinski definition) is 5. The number of aromatic nitrogens is 2. The first-order chi connectivity index (χ1) is 14.7. The molecule has 2 aliphatic heterocycles. The molecule has 156 valence electrons. The van der Waals surface area contributed by atoms with E-state index >= 15 is 0 Å². The van der Waals surface area contributed by atoms with E-state index in [1.54, 1.807) is 23.5 Å². The lowest BCUT2D eigenvalue weighted by atomic mass is 9.83. The van der Waals surface area contributed by atoms with Gasteiger partial charge in [0, 0.05) is 38.6 Å². The van der Waals surface area contributed by atoms with E-state index in [9.17, 15) is 9.59 Å². The number of carbonyl (C=O) groups excluding carboxylic acids is 2. The van der Waals surface area contributed by atoms with Crippen molar-refractivity contribution in [3.8, 4) is 0 Å². The van der Waals surface area contributed by atoms with Gasteiger partial charge in [-0.3, -0.25) is 14.7 Å². The van der Waals surface area contributed by atoms with Crippen LogP contribution in [0.15, 0.2) is 48.9 Å². The fraction of sp³-hybridized carbons (Fsp3) is 0.478. The molecule has 7 heteroatoms. The van der Waals surface area contributed by atoms with Gasteiger partial charge in [0.2, 0.25) is 0 Å². The number of hydrogen-bond donors (Lipinski definition) is 0. The summed E-state index contributed by atoms with van der Waals surface area (Å²) in [5, 5.41) is 0. The van der Waals surface area contributed by atoms with Crippen LogP contribution in [-0.4, -0.2) is 56.9 Å². The molecule has 0 bridgehead atoms. The molecule has 1 aromatic carbocycles. The second kappa shape index (κ2) is 7.70. The van der Waals surface area contributed by atoms with Crippen LogP contribution in [0, 0.1) is 5.92 Å². The van der Waals surface area contributed by atoms with Crippen molar-refractivity contribution in [1.82, 2.24) is 19.8 Å². The number of amides is 3. The molecule has 0 unspecified atom stereocenters. The zero-order chi connectivity index (χ0) is 20.6. The van der Waals surface area contributed by atoms with E-state index in [2.05, 4.69) is 14.9 Å². The third-order valence-electron chi connectivity index (χ3n) is 6.93. The van der Waals surface area contributed by atoms with Gasteiger partial charge in [-0.25, -0.2) is 9.78 Å². The normalized spacial score (nSPS) is 21.4. The summed E-state index contributed by atoms with van der Waals surface area (Å²) in [6, 6.07) is 9.85. The lowest BCUT2D eigenvalue weighted by molar-refractivity contribution is -0.135. The number of imide groups is 1. The molecule has 1 aliphatic carbocycles. The smallest absolute Gasteiger partial charge is 0.327 e. The Morgan fingerprint density at radius 1 is 1.03 bits per heavy atom. The van der Waals surface area contributed by atoms with Crippen molar-refractivity contribution in [3.63, 3.8) is 0 Å². The molecule has 1 spiro atoms. The molecular formula is C23H27N5O2. The van der Waals surface area contributed by atoms with E-state index in [1.165, 1.54) is 6.42 Å². The number of anilines is 1. The summed E-state index contributed by atoms with van der Waals surface area (Å²) < 4.78 is 0. The molecular weight excluding hydrogens is 378 g/mol. The van der Waals surface area contributed by atoms with Crippen molar-refractivity contribution in [3.05, 3.63) is 54.5 Å². The Morgan fingerprint density at radius 3 is 2.43 bits per heavy atom. The highest BCUT2D eigenvalue weighted by Gasteiger charge is 2.58. The van der Waals surface area contributed by atoms with Crippen LogP contribution >= 0.6 is 0 Å². The molecule has 5 rings (SSSR count). The van der Waals surface area contributed by atoms with E-state index in [1.807, 2.05) is 35.2 Å². The molecule has 3 aliphatic rings. The first-order valence-corrected chi connectivity index (χ1v) is 10.9. The molecule has 0 atom stereocenters. The van der Waals surface area contributed by atoms with E-state index in [-0.39, 0.29) is 11.9 Å². The Morgan fingerprint density at radius 2 is 1.80 bits per heavy atom. The van der Waals surface area contributed by atoms with E-state index in [0.29, 0.717) is 44.9 Å². The van der Waals surface area contributed by atoms with Crippen molar-refractivity contribution in [2.45, 2.75) is 44.2 Å². The second-order valence-corrected chi connectivity index (χ2v) is 8.65. The third kappa shape index (κ3) is 3.22. The summed E-state index contributed by atoms with van der Waals surface area (Å²) in [6.45, 7) is 2.40. The van der Waals surface area contributed by atoms with Crippen LogP contribution in [0.3, 0.4) is 0 Å². The Balaban J connectivity index is 1.41. The summed E-state index contributed by atoms with van der Waals surface area (Å²) >= 11 is 0. The fourth-order valence-electron chi connectivity index (χ4n) is 4.91. The minimum atomic E-state index is -0.755. The minimum Gasteiger partial charge on any atom is -0.355 e. The fourth-order valence-corrected chi connectivity index (χ4v) is 4.91. The van der Waals surface area contributed by atoms with Gasteiger partial charge in [-0.05, 0) is 37.2 Å². The van der Waals surface area contributed by atoms with Crippen LogP contribution in [0.2, 0.25) is 0 Å². The standard InChI is InChI=1S/C23H27N5O2/c29-21-23(9-13-26(14-10-23)20-15-24-11-12-25-20)28(17-19-5-2-1-3-6-19)22(30)27(21)16-18-7-4-8-18/h1-3,5-6,11-12,15,18H,4,7-10,13-14,16-17H2. The van der Waals surface area contributed by atoms with E-state index in [0.717, 1.165) is 24.2 Å². The molecule has 2 aromatic rings. The number of rotatable bonds is 5. The highest BCUT2D eigenvalue weighted by atomic mass is 16.2. The maximum atomic E-state index is 13.6. The van der Waals surface area contributed by atoms with Crippen molar-refractivity contribution in [1.29, 1.82) is 0 Å². The topological polar surface area (TPSA) is 69.6 Å². The first kappa shape index (κ1) is 19.0. The minimum absolute atomic E-state index is 0.00544. The van der Waals surface area contributed by atoms with Crippen molar-refractivity contribution in [2.24, 2.45) is 5.92 Å². The summed E-state index contributed by atoms with van der Waals surface area (Å²) in [4.78, 5) is 41.2. The van der Waals surface area contributed by atoms with Gasteiger partial charge in [0.1, 0.15) is 11.4 Å². The van der Waals surface area contributed by atoms with Crippen LogP contribution in [0.4, 0.5) is 10.6 Å². The van der Waals surface area contributed by atoms with Crippen molar-refractivity contribution >= 4 is 17.8 Å². The lowest BCUT2D eigenvalue weighted by Crippen LogP contribution is -2.56. The van der Waals surface area contributed by atoms with Crippen molar-refractivity contribution in [2.75, 3.05) is 24.5 Å². The van der Waals surface area contributed by atoms with E-state index in [4.69, 9.17) is 0 Å². The highest BCUT2D eigenvalue weighted by molar-refractivity contribution is 6.07. The first-order valence-electron chi connectivity index (χ1n) is 10.9. The van der Waals surface area contributed by atoms with Crippen LogP contribution in [-0.2, 0) is 11.3 Å². The summed E-state index contributed by atoms with van der Waals surface area (Å²) in [7, 11) is 0.